The lowest BCUT2D eigenvalue weighted by molar-refractivity contribution is 0.0943. The number of benzene rings is 3. The number of nitrogens with one attached hydrogen (secondary N) is 1. The van der Waals surface area contributed by atoms with Crippen LogP contribution in [0.2, 0.25) is 0 Å². The molecule has 3 aromatic carbocycles. The number of likely N-dealkylation sites (N-methyl/N-ethyl adjacent to an activating group) is 1. The molecule has 35 heavy (non-hydrogen) atoms. The van der Waals surface area contributed by atoms with Crippen LogP contribution >= 0.6 is 0 Å². The highest BCUT2D eigenvalue weighted by Crippen LogP contribution is 2.41. The molecule has 6 heteroatoms. The molecule has 1 heterocycles. The molecular weight excluding hydrogens is 438 g/mol. The molecule has 0 spiro atoms. The zero-order valence-electron chi connectivity index (χ0n) is 20.5. The van der Waals surface area contributed by atoms with Gasteiger partial charge in [-0.25, -0.2) is 0 Å². The zero-order chi connectivity index (χ0) is 24.9. The predicted octanol–water partition coefficient (Wildman–Crippen LogP) is 4.93. The van der Waals surface area contributed by atoms with Crippen molar-refractivity contribution in [3.05, 3.63) is 95.2 Å². The predicted molar refractivity (Wildman–Crippen MR) is 140 cm³/mol. The van der Waals surface area contributed by atoms with E-state index in [1.165, 1.54) is 0 Å². The van der Waals surface area contributed by atoms with Crippen LogP contribution in [0.3, 0.4) is 0 Å². The number of nitrogens with zero attached hydrogens (tertiary/aromatic N) is 2. The molecule has 0 fully saturated rings. The maximum absolute atomic E-state index is 13.7. The molecule has 6 nitrogen and oxygen atoms in total. The number of fused-ring (bicyclic) bond motifs is 1. The number of carbonyl (C=O) groups is 1. The quantitative estimate of drug-likeness (QED) is 0.323. The highest BCUT2D eigenvalue weighted by atomic mass is 16.3. The van der Waals surface area contributed by atoms with Crippen molar-refractivity contribution in [1.82, 2.24) is 14.8 Å². The van der Waals surface area contributed by atoms with Crippen LogP contribution in [0.4, 0.5) is 0 Å². The lowest BCUT2D eigenvalue weighted by Crippen LogP contribution is -2.29. The van der Waals surface area contributed by atoms with Gasteiger partial charge >= 0.3 is 0 Å². The van der Waals surface area contributed by atoms with Gasteiger partial charge in [0, 0.05) is 42.0 Å². The largest absolute Gasteiger partial charge is 0.508 e. The SMILES string of the molecule is CCCNC(=O)c1c(C(c2ccc(O)cc2)c2ccc(O)cc2)c2ccccc2n1CCN(C)C. The molecular formula is C29H33N3O3. The molecule has 1 aromatic heterocycles. The van der Waals surface area contributed by atoms with Crippen LogP contribution in [0.5, 0.6) is 11.5 Å². The number of aromatic hydroxyl groups is 2. The summed E-state index contributed by atoms with van der Waals surface area (Å²) >= 11 is 0. The van der Waals surface area contributed by atoms with Crippen molar-refractivity contribution in [2.24, 2.45) is 0 Å². The number of hydrogen-bond acceptors (Lipinski definition) is 4. The third kappa shape index (κ3) is 5.17. The van der Waals surface area contributed by atoms with E-state index in [1.807, 2.05) is 57.4 Å². The zero-order valence-corrected chi connectivity index (χ0v) is 20.5. The molecule has 0 aliphatic heterocycles. The standard InChI is InChI=1S/C29H33N3O3/c1-4-17-30-29(35)28-27(24-7-5-6-8-25(24)32(28)19-18-31(2)3)26(20-9-13-22(33)14-10-20)21-11-15-23(34)16-12-21/h5-16,26,33-34H,4,17-19H2,1-3H3,(H,30,35). The van der Waals surface area contributed by atoms with Gasteiger partial charge in [0.05, 0.1) is 0 Å². The fourth-order valence-corrected chi connectivity index (χ4v) is 4.58. The van der Waals surface area contributed by atoms with Crippen LogP contribution in [0, 0.1) is 0 Å². The van der Waals surface area contributed by atoms with E-state index in [0.717, 1.165) is 40.6 Å². The van der Waals surface area contributed by atoms with E-state index < -0.39 is 0 Å². The van der Waals surface area contributed by atoms with Crippen molar-refractivity contribution in [1.29, 1.82) is 0 Å². The lowest BCUT2D eigenvalue weighted by atomic mass is 9.83. The number of hydrogen-bond donors (Lipinski definition) is 3. The van der Waals surface area contributed by atoms with Crippen LogP contribution in [-0.4, -0.2) is 52.8 Å². The molecule has 0 bridgehead atoms. The van der Waals surface area contributed by atoms with E-state index in [0.29, 0.717) is 18.8 Å². The maximum atomic E-state index is 13.7. The second-order valence-corrected chi connectivity index (χ2v) is 9.11. The van der Waals surface area contributed by atoms with Gasteiger partial charge in [0.25, 0.3) is 5.91 Å². The van der Waals surface area contributed by atoms with E-state index in [4.69, 9.17) is 0 Å². The normalized spacial score (nSPS) is 11.5. The highest BCUT2D eigenvalue weighted by molar-refractivity contribution is 6.02. The van der Waals surface area contributed by atoms with Gasteiger partial charge in [-0.05, 0) is 62.0 Å². The molecule has 3 N–H and O–H groups in total. The summed E-state index contributed by atoms with van der Waals surface area (Å²) in [6.07, 6.45) is 0.846. The summed E-state index contributed by atoms with van der Waals surface area (Å²) < 4.78 is 2.13. The Morgan fingerprint density at radius 3 is 2.03 bits per heavy atom. The Labute approximate surface area is 206 Å². The van der Waals surface area contributed by atoms with E-state index >= 15 is 0 Å². The third-order valence-electron chi connectivity index (χ3n) is 6.27. The Morgan fingerprint density at radius 1 is 0.914 bits per heavy atom. The average molecular weight is 472 g/mol. The van der Waals surface area contributed by atoms with Gasteiger partial charge in [-0.2, -0.15) is 0 Å². The minimum absolute atomic E-state index is 0.0978. The molecule has 0 atom stereocenters. The van der Waals surface area contributed by atoms with Gasteiger partial charge in [-0.3, -0.25) is 4.79 Å². The fraction of sp³-hybridized carbons (Fsp3) is 0.276. The number of amides is 1. The summed E-state index contributed by atoms with van der Waals surface area (Å²) in [5.74, 6) is 0.00325. The van der Waals surface area contributed by atoms with Crippen LogP contribution < -0.4 is 5.32 Å². The Morgan fingerprint density at radius 2 is 1.49 bits per heavy atom. The van der Waals surface area contributed by atoms with Gasteiger partial charge in [0.1, 0.15) is 17.2 Å². The fourth-order valence-electron chi connectivity index (χ4n) is 4.58. The molecule has 0 aliphatic carbocycles. The Balaban J connectivity index is 2.03. The van der Waals surface area contributed by atoms with Crippen LogP contribution in [0.15, 0.2) is 72.8 Å². The molecule has 0 unspecified atom stereocenters. The maximum Gasteiger partial charge on any atom is 0.268 e. The van der Waals surface area contributed by atoms with E-state index in [9.17, 15) is 15.0 Å². The molecule has 4 aromatic rings. The number of carbonyl (C=O) groups excluding carboxylic acids is 1. The summed E-state index contributed by atoms with van der Waals surface area (Å²) in [6.45, 7) is 4.09. The Kier molecular flexibility index (Phi) is 7.42. The van der Waals surface area contributed by atoms with Gasteiger partial charge in [0.2, 0.25) is 0 Å². The van der Waals surface area contributed by atoms with Crippen molar-refractivity contribution < 1.29 is 15.0 Å². The van der Waals surface area contributed by atoms with E-state index in [-0.39, 0.29) is 23.3 Å². The molecule has 182 valence electrons. The van der Waals surface area contributed by atoms with Crippen molar-refractivity contribution in [2.45, 2.75) is 25.8 Å². The van der Waals surface area contributed by atoms with Gasteiger partial charge in [-0.1, -0.05) is 49.4 Å². The van der Waals surface area contributed by atoms with Crippen molar-refractivity contribution >= 4 is 16.8 Å². The molecule has 0 saturated heterocycles. The van der Waals surface area contributed by atoms with Gasteiger partial charge in [-0.15, -0.1) is 0 Å². The van der Waals surface area contributed by atoms with Crippen LogP contribution in [0.1, 0.15) is 46.4 Å². The highest BCUT2D eigenvalue weighted by Gasteiger charge is 2.30. The first-order valence-corrected chi connectivity index (χ1v) is 12.0. The number of phenolic OH excluding ortho intramolecular Hbond substituents is 2. The minimum atomic E-state index is -0.274. The van der Waals surface area contributed by atoms with Crippen molar-refractivity contribution in [3.8, 4) is 11.5 Å². The van der Waals surface area contributed by atoms with Gasteiger partial charge < -0.3 is 25.0 Å². The first-order valence-electron chi connectivity index (χ1n) is 12.0. The number of rotatable bonds is 9. The molecule has 0 saturated carbocycles. The monoisotopic (exact) mass is 471 g/mol. The number of phenols is 2. The van der Waals surface area contributed by atoms with Crippen molar-refractivity contribution in [3.63, 3.8) is 0 Å². The number of aromatic nitrogens is 1. The average Bonchev–Trinajstić information content (AvgIpc) is 3.18. The summed E-state index contributed by atoms with van der Waals surface area (Å²) in [5, 5.41) is 24.0. The first-order chi connectivity index (χ1) is 16.9. The Hall–Kier alpha value is -3.77. The molecule has 0 radical (unpaired) electrons. The second-order valence-electron chi connectivity index (χ2n) is 9.11. The second kappa shape index (κ2) is 10.7. The number of para-hydroxylation sites is 1. The molecule has 4 rings (SSSR count). The molecule has 0 aliphatic rings. The van der Waals surface area contributed by atoms with Crippen LogP contribution in [0.25, 0.3) is 10.9 Å². The van der Waals surface area contributed by atoms with Crippen molar-refractivity contribution in [2.75, 3.05) is 27.2 Å². The minimum Gasteiger partial charge on any atom is -0.508 e. The summed E-state index contributed by atoms with van der Waals surface area (Å²) in [6, 6.07) is 22.4. The third-order valence-corrected chi connectivity index (χ3v) is 6.27. The topological polar surface area (TPSA) is 77.7 Å². The summed E-state index contributed by atoms with van der Waals surface area (Å²) in [7, 11) is 4.05. The lowest BCUT2D eigenvalue weighted by Gasteiger charge is -2.21. The summed E-state index contributed by atoms with van der Waals surface area (Å²) in [4.78, 5) is 15.8. The van der Waals surface area contributed by atoms with Crippen LogP contribution in [-0.2, 0) is 6.54 Å². The first kappa shape index (κ1) is 24.4. The van der Waals surface area contributed by atoms with Gasteiger partial charge in [0.15, 0.2) is 0 Å². The summed E-state index contributed by atoms with van der Waals surface area (Å²) in [5.41, 5.74) is 4.48. The smallest absolute Gasteiger partial charge is 0.268 e. The van der Waals surface area contributed by atoms with E-state index in [1.54, 1.807) is 24.3 Å². The Bertz CT molecular complexity index is 1250. The van der Waals surface area contributed by atoms with E-state index in [2.05, 4.69) is 26.9 Å². The molecule has 1 amide bonds.